The largest absolute Gasteiger partial charge is 0.494 e. The van der Waals surface area contributed by atoms with E-state index < -0.39 is 11.9 Å². The molecule has 0 bridgehead atoms. The molecular formula is C18H26O4. The maximum absolute atomic E-state index is 11.8. The van der Waals surface area contributed by atoms with Crippen molar-refractivity contribution in [3.05, 3.63) is 29.8 Å². The Balaban J connectivity index is 2.31. The highest BCUT2D eigenvalue weighted by molar-refractivity contribution is 5.97. The summed E-state index contributed by atoms with van der Waals surface area (Å²) in [6.45, 7) is 7.60. The van der Waals surface area contributed by atoms with Crippen molar-refractivity contribution in [3.8, 4) is 5.75 Å². The average Bonchev–Trinajstić information content (AvgIpc) is 2.41. The van der Waals surface area contributed by atoms with Crippen LogP contribution in [0, 0.1) is 12.8 Å². The van der Waals surface area contributed by atoms with E-state index in [2.05, 4.69) is 0 Å². The molecule has 0 aromatic heterocycles. The minimum atomic E-state index is -0.652. The van der Waals surface area contributed by atoms with Gasteiger partial charge in [0, 0.05) is 0 Å². The number of benzene rings is 1. The maximum atomic E-state index is 11.8. The molecule has 4 nitrogen and oxygen atoms in total. The predicted molar refractivity (Wildman–Crippen MR) is 85.9 cm³/mol. The van der Waals surface area contributed by atoms with Gasteiger partial charge < -0.3 is 9.47 Å². The Morgan fingerprint density at radius 2 is 1.91 bits per heavy atom. The molecule has 4 heteroatoms. The molecule has 0 aliphatic carbocycles. The summed E-state index contributed by atoms with van der Waals surface area (Å²) in [6.07, 6.45) is 1.87. The predicted octanol–water partition coefficient (Wildman–Crippen LogP) is 3.70. The highest BCUT2D eigenvalue weighted by Crippen LogP contribution is 2.15. The number of Topliss-reactive ketones (excluding diaryl/α,β-unsaturated/α-hetero) is 1. The van der Waals surface area contributed by atoms with Crippen LogP contribution in [0.3, 0.4) is 0 Å². The van der Waals surface area contributed by atoms with Gasteiger partial charge in [0.2, 0.25) is 0 Å². The summed E-state index contributed by atoms with van der Waals surface area (Å²) in [5.41, 5.74) is 1.16. The third kappa shape index (κ3) is 6.74. The lowest BCUT2D eigenvalue weighted by atomic mass is 9.98. The van der Waals surface area contributed by atoms with Gasteiger partial charge in [-0.1, -0.05) is 12.1 Å². The fraction of sp³-hybridized carbons (Fsp3) is 0.556. The van der Waals surface area contributed by atoms with Gasteiger partial charge in [0.1, 0.15) is 17.5 Å². The van der Waals surface area contributed by atoms with E-state index in [4.69, 9.17) is 9.47 Å². The lowest BCUT2D eigenvalue weighted by Crippen LogP contribution is -2.26. The molecule has 0 saturated carbocycles. The Kier molecular flexibility index (Phi) is 7.64. The molecule has 1 unspecified atom stereocenters. The molecule has 0 radical (unpaired) electrons. The van der Waals surface area contributed by atoms with E-state index in [1.54, 1.807) is 13.8 Å². The van der Waals surface area contributed by atoms with Crippen molar-refractivity contribution < 1.29 is 19.1 Å². The van der Waals surface area contributed by atoms with Crippen molar-refractivity contribution >= 4 is 11.8 Å². The zero-order chi connectivity index (χ0) is 16.5. The molecule has 0 N–H and O–H groups in total. The highest BCUT2D eigenvalue weighted by atomic mass is 16.5. The van der Waals surface area contributed by atoms with Crippen LogP contribution in [0.15, 0.2) is 24.3 Å². The second kappa shape index (κ2) is 9.23. The van der Waals surface area contributed by atoms with Gasteiger partial charge in [-0.05, 0) is 64.7 Å². The average molecular weight is 306 g/mol. The second-order valence-electron chi connectivity index (χ2n) is 5.81. The van der Waals surface area contributed by atoms with Gasteiger partial charge in [0.25, 0.3) is 0 Å². The molecule has 0 amide bonds. The number of carbonyl (C=O) groups is 2. The van der Waals surface area contributed by atoms with Crippen LogP contribution in [0.2, 0.25) is 0 Å². The molecule has 0 aliphatic rings. The molecule has 122 valence electrons. The first-order valence-corrected chi connectivity index (χ1v) is 7.80. The number of hydrogen-bond donors (Lipinski definition) is 0. The van der Waals surface area contributed by atoms with Crippen molar-refractivity contribution in [3.63, 3.8) is 0 Å². The summed E-state index contributed by atoms with van der Waals surface area (Å²) in [5, 5.41) is 0. The first kappa shape index (κ1) is 18.2. The molecule has 1 atom stereocenters. The fourth-order valence-corrected chi connectivity index (χ4v) is 2.15. The van der Waals surface area contributed by atoms with Crippen molar-refractivity contribution in [1.29, 1.82) is 0 Å². The third-order valence-electron chi connectivity index (χ3n) is 3.27. The number of carbonyl (C=O) groups excluding carboxylic acids is 2. The lowest BCUT2D eigenvalue weighted by Gasteiger charge is -2.15. The molecule has 1 aromatic rings. The zero-order valence-electron chi connectivity index (χ0n) is 13.9. The molecule has 0 saturated heterocycles. The molecule has 0 aliphatic heterocycles. The molecule has 0 heterocycles. The number of ketones is 1. The van der Waals surface area contributed by atoms with E-state index in [-0.39, 0.29) is 11.9 Å². The highest BCUT2D eigenvalue weighted by Gasteiger charge is 2.25. The summed E-state index contributed by atoms with van der Waals surface area (Å²) < 4.78 is 10.8. The van der Waals surface area contributed by atoms with Crippen molar-refractivity contribution in [2.45, 2.75) is 53.1 Å². The van der Waals surface area contributed by atoms with E-state index in [0.717, 1.165) is 24.2 Å². The zero-order valence-corrected chi connectivity index (χ0v) is 13.9. The number of unbranched alkanes of at least 4 members (excludes halogenated alkanes) is 1. The van der Waals surface area contributed by atoms with E-state index >= 15 is 0 Å². The first-order chi connectivity index (χ1) is 10.4. The molecule has 1 aromatic carbocycles. The minimum absolute atomic E-state index is 0.134. The Bertz CT molecular complexity index is 494. The van der Waals surface area contributed by atoms with E-state index in [0.29, 0.717) is 13.0 Å². The minimum Gasteiger partial charge on any atom is -0.494 e. The topological polar surface area (TPSA) is 52.6 Å². The number of hydrogen-bond acceptors (Lipinski definition) is 4. The number of esters is 1. The van der Waals surface area contributed by atoms with Crippen LogP contribution in [0.25, 0.3) is 0 Å². The quantitative estimate of drug-likeness (QED) is 0.396. The van der Waals surface area contributed by atoms with Crippen LogP contribution in [0.4, 0.5) is 0 Å². The van der Waals surface area contributed by atoms with Gasteiger partial charge in [-0.2, -0.15) is 0 Å². The van der Waals surface area contributed by atoms with Crippen LogP contribution in [0.5, 0.6) is 5.75 Å². The van der Waals surface area contributed by atoms with Crippen LogP contribution in [-0.2, 0) is 14.3 Å². The molecule has 0 spiro atoms. The van der Waals surface area contributed by atoms with E-state index in [9.17, 15) is 9.59 Å². The second-order valence-corrected chi connectivity index (χ2v) is 5.81. The van der Waals surface area contributed by atoms with Gasteiger partial charge in [-0.15, -0.1) is 0 Å². The Morgan fingerprint density at radius 1 is 1.18 bits per heavy atom. The molecule has 1 rings (SSSR count). The summed E-state index contributed by atoms with van der Waals surface area (Å²) in [5.74, 6) is -0.351. The molecular weight excluding hydrogens is 280 g/mol. The van der Waals surface area contributed by atoms with E-state index in [1.165, 1.54) is 6.92 Å². The van der Waals surface area contributed by atoms with Gasteiger partial charge >= 0.3 is 5.97 Å². The monoisotopic (exact) mass is 306 g/mol. The summed E-state index contributed by atoms with van der Waals surface area (Å²) in [6, 6.07) is 7.88. The van der Waals surface area contributed by atoms with Crippen molar-refractivity contribution in [2.24, 2.45) is 5.92 Å². The number of aryl methyl sites for hydroxylation is 1. The van der Waals surface area contributed by atoms with Gasteiger partial charge in [-0.3, -0.25) is 9.59 Å². The molecule has 0 fully saturated rings. The van der Waals surface area contributed by atoms with Crippen LogP contribution in [-0.4, -0.2) is 24.5 Å². The SMILES string of the molecule is CC(=O)C(CCCCOc1cccc(C)c1)C(=O)OC(C)C. The summed E-state index contributed by atoms with van der Waals surface area (Å²) in [4.78, 5) is 23.4. The normalized spacial score (nSPS) is 12.0. The van der Waals surface area contributed by atoms with Gasteiger partial charge in [-0.25, -0.2) is 0 Å². The summed E-state index contributed by atoms with van der Waals surface area (Å²) >= 11 is 0. The lowest BCUT2D eigenvalue weighted by molar-refractivity contribution is -0.155. The Hall–Kier alpha value is -1.84. The standard InChI is InChI=1S/C18H26O4/c1-13(2)22-18(20)17(15(4)19)10-5-6-11-21-16-9-7-8-14(3)12-16/h7-9,12-13,17H,5-6,10-11H2,1-4H3. The maximum Gasteiger partial charge on any atom is 0.316 e. The Labute approximate surface area is 132 Å². The van der Waals surface area contributed by atoms with Crippen LogP contribution >= 0.6 is 0 Å². The number of rotatable bonds is 9. The van der Waals surface area contributed by atoms with Crippen molar-refractivity contribution in [1.82, 2.24) is 0 Å². The summed E-state index contributed by atoms with van der Waals surface area (Å²) in [7, 11) is 0. The third-order valence-corrected chi connectivity index (χ3v) is 3.27. The van der Waals surface area contributed by atoms with Gasteiger partial charge in [0.15, 0.2) is 0 Å². The van der Waals surface area contributed by atoms with Crippen LogP contribution < -0.4 is 4.74 Å². The van der Waals surface area contributed by atoms with Crippen molar-refractivity contribution in [2.75, 3.05) is 6.61 Å². The Morgan fingerprint density at radius 3 is 2.50 bits per heavy atom. The fourth-order valence-electron chi connectivity index (χ4n) is 2.15. The molecule has 22 heavy (non-hydrogen) atoms. The van der Waals surface area contributed by atoms with E-state index in [1.807, 2.05) is 31.2 Å². The first-order valence-electron chi connectivity index (χ1n) is 7.80. The van der Waals surface area contributed by atoms with Gasteiger partial charge in [0.05, 0.1) is 12.7 Å². The number of ether oxygens (including phenoxy) is 2. The van der Waals surface area contributed by atoms with Crippen LogP contribution in [0.1, 0.15) is 45.6 Å². The smallest absolute Gasteiger partial charge is 0.316 e.